The molecule has 0 bridgehead atoms. The average molecular weight is 386 g/mol. The van der Waals surface area contributed by atoms with E-state index in [4.69, 9.17) is 20.5 Å². The summed E-state index contributed by atoms with van der Waals surface area (Å²) in [5.74, 6) is -0.286. The minimum absolute atomic E-state index is 0.0141. The van der Waals surface area contributed by atoms with Crippen LogP contribution in [0, 0.1) is 0 Å². The lowest BCUT2D eigenvalue weighted by molar-refractivity contribution is -0.141. The van der Waals surface area contributed by atoms with Crippen molar-refractivity contribution in [2.75, 3.05) is 18.8 Å². The third-order valence-electron chi connectivity index (χ3n) is 4.16. The zero-order valence-corrected chi connectivity index (χ0v) is 14.9. The van der Waals surface area contributed by atoms with Crippen LogP contribution in [0.25, 0.3) is 0 Å². The predicted octanol–water partition coefficient (Wildman–Crippen LogP) is -1.76. The second kappa shape index (κ2) is 8.93. The summed E-state index contributed by atoms with van der Waals surface area (Å²) in [7, 11) is -1.53. The number of aliphatic hydroxyl groups is 2. The predicted molar refractivity (Wildman–Crippen MR) is 96.8 cm³/mol. The first-order chi connectivity index (χ1) is 12.2. The Morgan fingerprint density at radius 3 is 2.58 bits per heavy atom. The van der Waals surface area contributed by atoms with Crippen LogP contribution >= 0.6 is 12.6 Å². The van der Waals surface area contributed by atoms with Gasteiger partial charge in [0, 0.05) is 5.75 Å². The summed E-state index contributed by atoms with van der Waals surface area (Å²) in [5, 5.41) is 47.2. The smallest absolute Gasteiger partial charge is 0.451 e. The molecule has 0 spiro atoms. The quantitative estimate of drug-likeness (QED) is 0.157. The molecule has 1 aliphatic rings. The minimum Gasteiger partial charge on any atom is -0.507 e. The second-order valence-corrected chi connectivity index (χ2v) is 6.52. The van der Waals surface area contributed by atoms with E-state index in [1.54, 1.807) is 0 Å². The molecule has 11 heteroatoms. The summed E-state index contributed by atoms with van der Waals surface area (Å²) in [5.41, 5.74) is 5.76. The van der Waals surface area contributed by atoms with Crippen LogP contribution in [-0.2, 0) is 11.2 Å². The Morgan fingerprint density at radius 1 is 1.38 bits per heavy atom. The van der Waals surface area contributed by atoms with Gasteiger partial charge in [0.25, 0.3) is 0 Å². The van der Waals surface area contributed by atoms with Crippen molar-refractivity contribution in [1.29, 1.82) is 0 Å². The minimum atomic E-state index is -1.97. The van der Waals surface area contributed by atoms with Gasteiger partial charge in [0.15, 0.2) is 6.29 Å². The van der Waals surface area contributed by atoms with Gasteiger partial charge >= 0.3 is 7.12 Å². The molecular formula is C15H23BN2O7S. The molecule has 1 fully saturated rings. The van der Waals surface area contributed by atoms with E-state index in [0.29, 0.717) is 18.7 Å². The Bertz CT molecular complexity index is 641. The standard InChI is InChI=1S/C15H23BN2O7S/c17-10(7-26)14(20)18-5-9(6-18)25-11-2-1-8(3-4-16(23)24)13(19)12(11)15(21)22/h1-2,9-10,15,19,21-24,26H,3-7,17H2/t10-/m1/s1. The third-order valence-corrected chi connectivity index (χ3v) is 4.55. The Balaban J connectivity index is 2.06. The Kier molecular flexibility index (Phi) is 7.15. The van der Waals surface area contributed by atoms with E-state index >= 15 is 0 Å². The zero-order chi connectivity index (χ0) is 19.4. The number of aliphatic hydroxyl groups excluding tert-OH is 1. The molecule has 1 amide bonds. The highest BCUT2D eigenvalue weighted by Crippen LogP contribution is 2.37. The van der Waals surface area contributed by atoms with Crippen LogP contribution < -0.4 is 10.5 Å². The number of hydrogen-bond acceptors (Lipinski definition) is 9. The number of likely N-dealkylation sites (tertiary alicyclic amines) is 1. The second-order valence-electron chi connectivity index (χ2n) is 6.15. The number of ether oxygens (including phenoxy) is 1. The maximum Gasteiger partial charge on any atom is 0.451 e. The van der Waals surface area contributed by atoms with E-state index < -0.39 is 19.5 Å². The summed E-state index contributed by atoms with van der Waals surface area (Å²) < 4.78 is 5.67. The van der Waals surface area contributed by atoms with Crippen LogP contribution in [-0.4, -0.2) is 74.3 Å². The molecule has 1 heterocycles. The molecule has 7 N–H and O–H groups in total. The van der Waals surface area contributed by atoms with Crippen molar-refractivity contribution in [1.82, 2.24) is 4.90 Å². The number of hydrogen-bond donors (Lipinski definition) is 7. The van der Waals surface area contributed by atoms with Gasteiger partial charge in [0.2, 0.25) is 5.91 Å². The number of phenolic OH excluding ortho intramolecular Hbond substituents is 1. The number of nitrogens with zero attached hydrogens (tertiary/aromatic N) is 1. The molecular weight excluding hydrogens is 363 g/mol. The number of carbonyl (C=O) groups is 1. The number of aromatic hydroxyl groups is 1. The molecule has 1 atom stereocenters. The van der Waals surface area contributed by atoms with Crippen LogP contribution in [0.1, 0.15) is 17.4 Å². The van der Waals surface area contributed by atoms with Gasteiger partial charge < -0.3 is 40.7 Å². The lowest BCUT2D eigenvalue weighted by atomic mass is 9.82. The van der Waals surface area contributed by atoms with Crippen LogP contribution in [0.5, 0.6) is 11.5 Å². The van der Waals surface area contributed by atoms with Crippen molar-refractivity contribution in [3.8, 4) is 11.5 Å². The topological polar surface area (TPSA) is 157 Å². The van der Waals surface area contributed by atoms with Crippen molar-refractivity contribution < 1.29 is 34.9 Å². The molecule has 2 rings (SSSR count). The fourth-order valence-electron chi connectivity index (χ4n) is 2.66. The molecule has 26 heavy (non-hydrogen) atoms. The van der Waals surface area contributed by atoms with Gasteiger partial charge in [-0.15, -0.1) is 0 Å². The van der Waals surface area contributed by atoms with Gasteiger partial charge in [0.1, 0.15) is 17.6 Å². The van der Waals surface area contributed by atoms with Crippen molar-refractivity contribution in [3.05, 3.63) is 23.3 Å². The van der Waals surface area contributed by atoms with E-state index in [1.807, 2.05) is 0 Å². The van der Waals surface area contributed by atoms with E-state index in [0.717, 1.165) is 0 Å². The van der Waals surface area contributed by atoms with Gasteiger partial charge in [-0.1, -0.05) is 6.07 Å². The molecule has 144 valence electrons. The SMILES string of the molecule is N[C@H](CS)C(=O)N1CC(Oc2ccc(CCB(O)O)c(O)c2C(O)O)C1. The fraction of sp³-hybridized carbons (Fsp3) is 0.533. The summed E-state index contributed by atoms with van der Waals surface area (Å²) >= 11 is 3.98. The number of aryl methyl sites for hydroxylation is 1. The molecule has 0 saturated carbocycles. The first-order valence-corrected chi connectivity index (χ1v) is 8.76. The van der Waals surface area contributed by atoms with Gasteiger partial charge in [-0.25, -0.2) is 0 Å². The summed E-state index contributed by atoms with van der Waals surface area (Å²) in [4.78, 5) is 13.4. The largest absolute Gasteiger partial charge is 0.507 e. The van der Waals surface area contributed by atoms with E-state index in [9.17, 15) is 20.1 Å². The van der Waals surface area contributed by atoms with Gasteiger partial charge in [-0.2, -0.15) is 12.6 Å². The van der Waals surface area contributed by atoms with Crippen molar-refractivity contribution in [3.63, 3.8) is 0 Å². The maximum atomic E-state index is 11.9. The molecule has 1 aromatic carbocycles. The van der Waals surface area contributed by atoms with Crippen molar-refractivity contribution >= 4 is 25.7 Å². The highest BCUT2D eigenvalue weighted by molar-refractivity contribution is 7.80. The molecule has 0 radical (unpaired) electrons. The van der Waals surface area contributed by atoms with E-state index in [1.165, 1.54) is 17.0 Å². The highest BCUT2D eigenvalue weighted by Gasteiger charge is 2.35. The Hall–Kier alpha value is -1.50. The highest BCUT2D eigenvalue weighted by atomic mass is 32.1. The molecule has 1 aromatic rings. The number of benzene rings is 1. The zero-order valence-electron chi connectivity index (χ0n) is 14.0. The van der Waals surface area contributed by atoms with Gasteiger partial charge in [0.05, 0.1) is 24.7 Å². The number of amides is 1. The molecule has 0 unspecified atom stereocenters. The van der Waals surface area contributed by atoms with Crippen LogP contribution in [0.4, 0.5) is 0 Å². The summed E-state index contributed by atoms with van der Waals surface area (Å²) in [6.07, 6.45) is -2.22. The van der Waals surface area contributed by atoms with Gasteiger partial charge in [-0.05, 0) is 24.4 Å². The maximum absolute atomic E-state index is 11.9. The van der Waals surface area contributed by atoms with Crippen molar-refractivity contribution in [2.24, 2.45) is 5.73 Å². The average Bonchev–Trinajstić information content (AvgIpc) is 2.54. The van der Waals surface area contributed by atoms with Gasteiger partial charge in [-0.3, -0.25) is 4.79 Å². The fourth-order valence-corrected chi connectivity index (χ4v) is 2.81. The Labute approximate surface area is 156 Å². The van der Waals surface area contributed by atoms with Crippen LogP contribution in [0.2, 0.25) is 6.32 Å². The number of nitrogens with two attached hydrogens (primary N) is 1. The molecule has 9 nitrogen and oxygen atoms in total. The van der Waals surface area contributed by atoms with Crippen LogP contribution in [0.3, 0.4) is 0 Å². The summed E-state index contributed by atoms with van der Waals surface area (Å²) in [6, 6.07) is 2.30. The van der Waals surface area contributed by atoms with Crippen molar-refractivity contribution in [2.45, 2.75) is 31.2 Å². The third kappa shape index (κ3) is 4.81. The first-order valence-electron chi connectivity index (χ1n) is 8.13. The number of carbonyl (C=O) groups excluding carboxylic acids is 1. The number of thiol groups is 1. The molecule has 0 aromatic heterocycles. The molecule has 0 aliphatic carbocycles. The summed E-state index contributed by atoms with van der Waals surface area (Å²) in [6.45, 7) is 0.584. The normalized spacial score (nSPS) is 15.7. The molecule has 1 saturated heterocycles. The molecule has 1 aliphatic heterocycles. The van der Waals surface area contributed by atoms with E-state index in [2.05, 4.69) is 12.6 Å². The monoisotopic (exact) mass is 386 g/mol. The number of phenols is 1. The lowest BCUT2D eigenvalue weighted by Gasteiger charge is -2.40. The number of rotatable bonds is 8. The van der Waals surface area contributed by atoms with E-state index in [-0.39, 0.29) is 47.6 Å². The Morgan fingerprint density at radius 2 is 2.04 bits per heavy atom. The lowest BCUT2D eigenvalue weighted by Crippen LogP contribution is -2.60. The first kappa shape index (κ1) is 20.8. The van der Waals surface area contributed by atoms with Crippen LogP contribution in [0.15, 0.2) is 12.1 Å².